The molecule has 4 nitrogen and oxygen atoms in total. The molecule has 1 N–H and O–H groups in total. The topological polar surface area (TPSA) is 33.7 Å². The fraction of sp³-hybridized carbons (Fsp3) is 0.538. The predicted molar refractivity (Wildman–Crippen MR) is 124 cm³/mol. The lowest BCUT2D eigenvalue weighted by molar-refractivity contribution is 0.0132. The van der Waals surface area contributed by atoms with Gasteiger partial charge in [-0.05, 0) is 74.4 Å². The van der Waals surface area contributed by atoms with Gasteiger partial charge in [-0.15, -0.1) is 0 Å². The molecule has 3 rings (SSSR count). The third-order valence-electron chi connectivity index (χ3n) is 7.04. The molecule has 164 valence electrons. The number of likely N-dealkylation sites (tertiary alicyclic amines) is 1. The summed E-state index contributed by atoms with van der Waals surface area (Å²) < 4.78 is 10.8. The smallest absolute Gasteiger partial charge is 0.161 e. The number of ether oxygens (including phenoxy) is 2. The van der Waals surface area contributed by atoms with Crippen molar-refractivity contribution < 1.29 is 9.47 Å². The van der Waals surface area contributed by atoms with Crippen molar-refractivity contribution in [3.8, 4) is 11.5 Å². The van der Waals surface area contributed by atoms with Gasteiger partial charge in [-0.1, -0.05) is 43.3 Å². The van der Waals surface area contributed by atoms with Gasteiger partial charge in [-0.3, -0.25) is 0 Å². The number of benzene rings is 2. The number of piperidine rings is 1. The Morgan fingerprint density at radius 3 is 2.43 bits per heavy atom. The first-order chi connectivity index (χ1) is 14.5. The number of nitrogens with one attached hydrogen (secondary N) is 1. The van der Waals surface area contributed by atoms with E-state index in [0.29, 0.717) is 17.4 Å². The average Bonchev–Trinajstić information content (AvgIpc) is 2.76. The summed E-state index contributed by atoms with van der Waals surface area (Å²) >= 11 is 0. The molecule has 0 radical (unpaired) electrons. The molecule has 0 spiro atoms. The van der Waals surface area contributed by atoms with Gasteiger partial charge in [0.15, 0.2) is 11.5 Å². The normalized spacial score (nSPS) is 24.6. The third kappa shape index (κ3) is 5.35. The summed E-state index contributed by atoms with van der Waals surface area (Å²) in [6.07, 6.45) is 3.59. The van der Waals surface area contributed by atoms with Gasteiger partial charge in [-0.25, -0.2) is 0 Å². The van der Waals surface area contributed by atoms with Gasteiger partial charge < -0.3 is 19.7 Å². The first-order valence-corrected chi connectivity index (χ1v) is 11.1. The van der Waals surface area contributed by atoms with E-state index in [4.69, 9.17) is 9.47 Å². The molecule has 1 heterocycles. The van der Waals surface area contributed by atoms with Crippen molar-refractivity contribution in [1.82, 2.24) is 10.2 Å². The summed E-state index contributed by atoms with van der Waals surface area (Å²) in [5, 5.41) is 3.68. The maximum atomic E-state index is 5.44. The highest BCUT2D eigenvalue weighted by Gasteiger charge is 2.42. The van der Waals surface area contributed by atoms with Crippen LogP contribution in [-0.2, 0) is 13.0 Å². The fourth-order valence-corrected chi connectivity index (χ4v) is 5.00. The van der Waals surface area contributed by atoms with Gasteiger partial charge in [0, 0.05) is 19.1 Å². The lowest BCUT2D eigenvalue weighted by Crippen LogP contribution is -2.51. The Kier molecular flexibility index (Phi) is 7.79. The first-order valence-electron chi connectivity index (χ1n) is 11.1. The molecule has 0 bridgehead atoms. The summed E-state index contributed by atoms with van der Waals surface area (Å²) in [5.41, 5.74) is 3.01. The highest BCUT2D eigenvalue weighted by Crippen LogP contribution is 2.44. The van der Waals surface area contributed by atoms with Crippen LogP contribution in [0.15, 0.2) is 48.5 Å². The van der Waals surface area contributed by atoms with Crippen molar-refractivity contribution in [2.75, 3.05) is 34.4 Å². The standard InChI is InChI=1S/C26H38N2O2/c1-20-19-28(3)21(2)16-26(20,17-22-9-7-6-8-10-22)13-14-27-18-23-11-12-24(29-4)25(15-23)30-5/h6-12,15,20-21,27H,13-14,16-19H2,1-5H3/t20-,21+,26+/m1/s1. The molecule has 3 atom stereocenters. The predicted octanol–water partition coefficient (Wildman–Crippen LogP) is 4.77. The Hall–Kier alpha value is -2.04. The molecule has 0 aliphatic carbocycles. The minimum Gasteiger partial charge on any atom is -0.493 e. The lowest BCUT2D eigenvalue weighted by Gasteiger charge is -2.49. The van der Waals surface area contributed by atoms with Gasteiger partial charge in [0.05, 0.1) is 14.2 Å². The molecule has 2 aromatic carbocycles. The Labute approximate surface area is 182 Å². The first kappa shape index (κ1) is 22.6. The van der Waals surface area contributed by atoms with Crippen molar-refractivity contribution >= 4 is 0 Å². The van der Waals surface area contributed by atoms with Gasteiger partial charge in [0.1, 0.15) is 0 Å². The summed E-state index contributed by atoms with van der Waals surface area (Å²) in [6, 6.07) is 17.8. The van der Waals surface area contributed by atoms with E-state index in [-0.39, 0.29) is 0 Å². The van der Waals surface area contributed by atoms with Crippen molar-refractivity contribution in [2.45, 2.75) is 45.7 Å². The van der Waals surface area contributed by atoms with E-state index in [2.05, 4.69) is 73.6 Å². The van der Waals surface area contributed by atoms with E-state index in [1.54, 1.807) is 14.2 Å². The molecular formula is C26H38N2O2. The van der Waals surface area contributed by atoms with Gasteiger partial charge >= 0.3 is 0 Å². The van der Waals surface area contributed by atoms with E-state index in [0.717, 1.165) is 31.0 Å². The van der Waals surface area contributed by atoms with Crippen molar-refractivity contribution in [3.05, 3.63) is 59.7 Å². The second-order valence-corrected chi connectivity index (χ2v) is 9.03. The summed E-state index contributed by atoms with van der Waals surface area (Å²) in [5.74, 6) is 2.23. The molecule has 0 amide bonds. The second-order valence-electron chi connectivity index (χ2n) is 9.03. The van der Waals surface area contributed by atoms with Crippen LogP contribution in [-0.4, -0.2) is 45.3 Å². The number of nitrogens with zero attached hydrogens (tertiary/aromatic N) is 1. The highest BCUT2D eigenvalue weighted by molar-refractivity contribution is 5.42. The van der Waals surface area contributed by atoms with Crippen molar-refractivity contribution in [2.24, 2.45) is 11.3 Å². The van der Waals surface area contributed by atoms with Crippen LogP contribution in [0.25, 0.3) is 0 Å². The number of hydrogen-bond acceptors (Lipinski definition) is 4. The Bertz CT molecular complexity index is 795. The van der Waals surface area contributed by atoms with Crippen molar-refractivity contribution in [3.63, 3.8) is 0 Å². The number of hydrogen-bond donors (Lipinski definition) is 1. The lowest BCUT2D eigenvalue weighted by atomic mass is 9.63. The summed E-state index contributed by atoms with van der Waals surface area (Å²) in [6.45, 7) is 7.85. The second kappa shape index (κ2) is 10.3. The number of methoxy groups -OCH3 is 2. The van der Waals surface area contributed by atoms with Crippen LogP contribution in [0.4, 0.5) is 0 Å². The largest absolute Gasteiger partial charge is 0.493 e. The third-order valence-corrected chi connectivity index (χ3v) is 7.04. The molecule has 0 saturated carbocycles. The molecule has 1 fully saturated rings. The van der Waals surface area contributed by atoms with E-state index >= 15 is 0 Å². The zero-order valence-electron chi connectivity index (χ0n) is 19.3. The van der Waals surface area contributed by atoms with E-state index in [1.165, 1.54) is 30.5 Å². The molecule has 0 unspecified atom stereocenters. The van der Waals surface area contributed by atoms with Crippen LogP contribution < -0.4 is 14.8 Å². The minimum absolute atomic E-state index is 0.331. The summed E-state index contributed by atoms with van der Waals surface area (Å²) in [4.78, 5) is 2.52. The SMILES string of the molecule is COc1ccc(CNCC[C@@]2(Cc3ccccc3)C[C@H](C)N(C)C[C@H]2C)cc1OC. The Morgan fingerprint density at radius 2 is 1.73 bits per heavy atom. The van der Waals surface area contributed by atoms with Crippen LogP contribution in [0.1, 0.15) is 37.8 Å². The monoisotopic (exact) mass is 410 g/mol. The zero-order valence-corrected chi connectivity index (χ0v) is 19.3. The molecule has 1 saturated heterocycles. The van der Waals surface area contributed by atoms with Crippen molar-refractivity contribution in [1.29, 1.82) is 0 Å². The average molecular weight is 411 g/mol. The molecule has 0 aromatic heterocycles. The molecule has 4 heteroatoms. The minimum atomic E-state index is 0.331. The molecule has 30 heavy (non-hydrogen) atoms. The maximum absolute atomic E-state index is 5.44. The fourth-order valence-electron chi connectivity index (χ4n) is 5.00. The van der Waals surface area contributed by atoms with Gasteiger partial charge in [0.2, 0.25) is 0 Å². The van der Waals surface area contributed by atoms with Crippen LogP contribution in [0.3, 0.4) is 0 Å². The van der Waals surface area contributed by atoms with Gasteiger partial charge in [0.25, 0.3) is 0 Å². The van der Waals surface area contributed by atoms with E-state index in [1.807, 2.05) is 6.07 Å². The molecule has 1 aliphatic heterocycles. The zero-order chi connectivity index (χ0) is 21.6. The maximum Gasteiger partial charge on any atom is 0.161 e. The number of rotatable bonds is 9. The van der Waals surface area contributed by atoms with Gasteiger partial charge in [-0.2, -0.15) is 0 Å². The van der Waals surface area contributed by atoms with E-state index in [9.17, 15) is 0 Å². The van der Waals surface area contributed by atoms with Crippen LogP contribution in [0, 0.1) is 11.3 Å². The quantitative estimate of drug-likeness (QED) is 0.604. The van der Waals surface area contributed by atoms with Crippen LogP contribution in [0.5, 0.6) is 11.5 Å². The highest BCUT2D eigenvalue weighted by atomic mass is 16.5. The molecule has 1 aliphatic rings. The Morgan fingerprint density at radius 1 is 1.00 bits per heavy atom. The van der Waals surface area contributed by atoms with Crippen LogP contribution >= 0.6 is 0 Å². The summed E-state index contributed by atoms with van der Waals surface area (Å²) in [7, 11) is 5.62. The molecular weight excluding hydrogens is 372 g/mol. The van der Waals surface area contributed by atoms with E-state index < -0.39 is 0 Å². The molecule has 2 aromatic rings. The Balaban J connectivity index is 1.65. The van der Waals surface area contributed by atoms with Crippen LogP contribution in [0.2, 0.25) is 0 Å².